The Morgan fingerprint density at radius 3 is 2.16 bits per heavy atom. The molecule has 0 aliphatic rings. The third kappa shape index (κ3) is 4.49. The van der Waals surface area contributed by atoms with Crippen molar-refractivity contribution < 1.29 is 27.9 Å². The van der Waals surface area contributed by atoms with E-state index >= 15 is 0 Å². The SMILES string of the molecule is NC(=O)CC(Nc1ccc(C(F)(F)F)cc1)C(=O)O. The van der Waals surface area contributed by atoms with Gasteiger partial charge in [-0.05, 0) is 24.3 Å². The van der Waals surface area contributed by atoms with Crippen LogP contribution in [0.1, 0.15) is 12.0 Å². The number of rotatable bonds is 5. The fourth-order valence-electron chi connectivity index (χ4n) is 1.36. The predicted molar refractivity (Wildman–Crippen MR) is 60.3 cm³/mol. The summed E-state index contributed by atoms with van der Waals surface area (Å²) in [4.78, 5) is 21.5. The van der Waals surface area contributed by atoms with Gasteiger partial charge in [-0.2, -0.15) is 13.2 Å². The molecule has 1 unspecified atom stereocenters. The van der Waals surface area contributed by atoms with Gasteiger partial charge in [-0.15, -0.1) is 0 Å². The van der Waals surface area contributed by atoms with E-state index in [1.54, 1.807) is 0 Å². The Bertz CT molecular complexity index is 471. The highest BCUT2D eigenvalue weighted by Crippen LogP contribution is 2.29. The molecule has 0 saturated carbocycles. The predicted octanol–water partition coefficient (Wildman–Crippen LogP) is 1.45. The Balaban J connectivity index is 2.81. The van der Waals surface area contributed by atoms with Crippen molar-refractivity contribution in [1.82, 2.24) is 0 Å². The lowest BCUT2D eigenvalue weighted by Gasteiger charge is -2.15. The molecule has 0 aromatic heterocycles. The van der Waals surface area contributed by atoms with Gasteiger partial charge in [0.05, 0.1) is 12.0 Å². The van der Waals surface area contributed by atoms with E-state index in [1.807, 2.05) is 0 Å². The van der Waals surface area contributed by atoms with Crippen molar-refractivity contribution in [1.29, 1.82) is 0 Å². The molecule has 8 heteroatoms. The van der Waals surface area contributed by atoms with Gasteiger partial charge in [-0.1, -0.05) is 0 Å². The number of alkyl halides is 3. The van der Waals surface area contributed by atoms with Gasteiger partial charge in [0.2, 0.25) is 5.91 Å². The number of carbonyl (C=O) groups is 2. The zero-order valence-corrected chi connectivity index (χ0v) is 9.57. The summed E-state index contributed by atoms with van der Waals surface area (Å²) in [6.45, 7) is 0. The molecule has 0 heterocycles. The summed E-state index contributed by atoms with van der Waals surface area (Å²) in [5.41, 5.74) is 4.18. The van der Waals surface area contributed by atoms with Crippen LogP contribution in [-0.2, 0) is 15.8 Å². The molecule has 0 bridgehead atoms. The summed E-state index contributed by atoms with van der Waals surface area (Å²) < 4.78 is 36.9. The smallest absolute Gasteiger partial charge is 0.416 e. The van der Waals surface area contributed by atoms with Crippen molar-refractivity contribution in [2.75, 3.05) is 5.32 Å². The summed E-state index contributed by atoms with van der Waals surface area (Å²) >= 11 is 0. The van der Waals surface area contributed by atoms with Gasteiger partial charge in [0, 0.05) is 5.69 Å². The van der Waals surface area contributed by atoms with E-state index in [4.69, 9.17) is 10.8 Å². The van der Waals surface area contributed by atoms with Gasteiger partial charge in [-0.25, -0.2) is 4.79 Å². The second-order valence-electron chi connectivity index (χ2n) is 3.78. The van der Waals surface area contributed by atoms with Crippen LogP contribution in [0.4, 0.5) is 18.9 Å². The molecule has 1 amide bonds. The van der Waals surface area contributed by atoms with Crippen molar-refractivity contribution in [3.63, 3.8) is 0 Å². The van der Waals surface area contributed by atoms with Gasteiger partial charge < -0.3 is 16.2 Å². The van der Waals surface area contributed by atoms with Crippen molar-refractivity contribution in [2.45, 2.75) is 18.6 Å². The summed E-state index contributed by atoms with van der Waals surface area (Å²) in [7, 11) is 0. The molecular weight excluding hydrogens is 265 g/mol. The lowest BCUT2D eigenvalue weighted by atomic mass is 10.1. The van der Waals surface area contributed by atoms with E-state index in [1.165, 1.54) is 0 Å². The van der Waals surface area contributed by atoms with Crippen molar-refractivity contribution in [2.24, 2.45) is 5.73 Å². The highest BCUT2D eigenvalue weighted by Gasteiger charge is 2.30. The molecule has 5 nitrogen and oxygen atoms in total. The minimum absolute atomic E-state index is 0.154. The molecule has 1 atom stereocenters. The number of primary amides is 1. The average Bonchev–Trinajstić information content (AvgIpc) is 2.27. The number of amides is 1. The van der Waals surface area contributed by atoms with E-state index in [0.717, 1.165) is 24.3 Å². The quantitative estimate of drug-likeness (QED) is 0.758. The average molecular weight is 276 g/mol. The molecule has 0 aliphatic heterocycles. The van der Waals surface area contributed by atoms with E-state index < -0.39 is 36.1 Å². The number of anilines is 1. The Kier molecular flexibility index (Phi) is 4.36. The number of carboxylic acids is 1. The number of benzene rings is 1. The molecule has 0 saturated heterocycles. The molecular formula is C11H11F3N2O3. The van der Waals surface area contributed by atoms with Crippen LogP contribution in [0.15, 0.2) is 24.3 Å². The lowest BCUT2D eigenvalue weighted by molar-refractivity contribution is -0.139. The molecule has 4 N–H and O–H groups in total. The van der Waals surface area contributed by atoms with Gasteiger partial charge in [0.25, 0.3) is 0 Å². The molecule has 0 fully saturated rings. The maximum atomic E-state index is 12.3. The summed E-state index contributed by atoms with van der Waals surface area (Å²) in [6, 6.07) is 2.51. The zero-order valence-electron chi connectivity index (χ0n) is 9.57. The van der Waals surface area contributed by atoms with Gasteiger partial charge >= 0.3 is 12.1 Å². The lowest BCUT2D eigenvalue weighted by Crippen LogP contribution is -2.34. The van der Waals surface area contributed by atoms with Crippen LogP contribution in [0, 0.1) is 0 Å². The van der Waals surface area contributed by atoms with Crippen LogP contribution in [0.3, 0.4) is 0 Å². The van der Waals surface area contributed by atoms with E-state index in [2.05, 4.69) is 5.32 Å². The number of carboxylic acid groups (broad SMARTS) is 1. The van der Waals surface area contributed by atoms with Crippen molar-refractivity contribution in [3.8, 4) is 0 Å². The molecule has 1 aromatic carbocycles. The number of nitrogens with two attached hydrogens (primary N) is 1. The maximum absolute atomic E-state index is 12.3. The third-order valence-electron chi connectivity index (χ3n) is 2.26. The molecule has 0 aliphatic carbocycles. The number of aliphatic carboxylic acids is 1. The van der Waals surface area contributed by atoms with Gasteiger partial charge in [0.1, 0.15) is 6.04 Å². The van der Waals surface area contributed by atoms with Crippen LogP contribution in [0.5, 0.6) is 0 Å². The molecule has 104 valence electrons. The number of hydrogen-bond acceptors (Lipinski definition) is 3. The monoisotopic (exact) mass is 276 g/mol. The first-order chi connectivity index (χ1) is 8.70. The Morgan fingerprint density at radius 1 is 1.26 bits per heavy atom. The fourth-order valence-corrected chi connectivity index (χ4v) is 1.36. The van der Waals surface area contributed by atoms with E-state index in [-0.39, 0.29) is 5.69 Å². The normalized spacial score (nSPS) is 12.8. The van der Waals surface area contributed by atoms with Crippen LogP contribution < -0.4 is 11.1 Å². The van der Waals surface area contributed by atoms with E-state index in [9.17, 15) is 22.8 Å². The molecule has 1 rings (SSSR count). The number of halogens is 3. The standard InChI is InChI=1S/C11H11F3N2O3/c12-11(13,14)6-1-3-7(4-2-6)16-8(10(18)19)5-9(15)17/h1-4,8,16H,5H2,(H2,15,17)(H,18,19). The first kappa shape index (κ1) is 14.8. The molecule has 1 aromatic rings. The second-order valence-corrected chi connectivity index (χ2v) is 3.78. The minimum Gasteiger partial charge on any atom is -0.480 e. The maximum Gasteiger partial charge on any atom is 0.416 e. The van der Waals surface area contributed by atoms with Crippen molar-refractivity contribution in [3.05, 3.63) is 29.8 Å². The summed E-state index contributed by atoms with van der Waals surface area (Å²) in [5.74, 6) is -2.15. The van der Waals surface area contributed by atoms with Crippen LogP contribution >= 0.6 is 0 Å². The third-order valence-corrected chi connectivity index (χ3v) is 2.26. The fraction of sp³-hybridized carbons (Fsp3) is 0.273. The largest absolute Gasteiger partial charge is 0.480 e. The molecule has 0 spiro atoms. The number of nitrogens with one attached hydrogen (secondary N) is 1. The Labute approximate surface area is 106 Å². The molecule has 19 heavy (non-hydrogen) atoms. The first-order valence-electron chi connectivity index (χ1n) is 5.15. The topological polar surface area (TPSA) is 92.4 Å². The second kappa shape index (κ2) is 5.59. The van der Waals surface area contributed by atoms with Crippen molar-refractivity contribution >= 4 is 17.6 Å². The van der Waals surface area contributed by atoms with Crippen LogP contribution in [0.2, 0.25) is 0 Å². The summed E-state index contributed by atoms with van der Waals surface area (Å²) in [6.07, 6.45) is -4.92. The summed E-state index contributed by atoms with van der Waals surface area (Å²) in [5, 5.41) is 11.2. The van der Waals surface area contributed by atoms with Crippen LogP contribution in [0.25, 0.3) is 0 Å². The van der Waals surface area contributed by atoms with Gasteiger partial charge in [-0.3, -0.25) is 4.79 Å². The first-order valence-corrected chi connectivity index (χ1v) is 5.15. The Morgan fingerprint density at radius 2 is 1.79 bits per heavy atom. The highest BCUT2D eigenvalue weighted by molar-refractivity contribution is 5.85. The Hall–Kier alpha value is -2.25. The number of carbonyl (C=O) groups excluding carboxylic acids is 1. The number of hydrogen-bond donors (Lipinski definition) is 3. The highest BCUT2D eigenvalue weighted by atomic mass is 19.4. The van der Waals surface area contributed by atoms with Crippen LogP contribution in [-0.4, -0.2) is 23.0 Å². The van der Waals surface area contributed by atoms with Gasteiger partial charge in [0.15, 0.2) is 0 Å². The minimum atomic E-state index is -4.46. The zero-order chi connectivity index (χ0) is 14.6. The molecule has 0 radical (unpaired) electrons. The van der Waals surface area contributed by atoms with E-state index in [0.29, 0.717) is 0 Å².